The molecular formula is C15H20N4O2. The second kappa shape index (κ2) is 6.24. The van der Waals surface area contributed by atoms with E-state index in [0.717, 1.165) is 37.5 Å². The molecule has 1 fully saturated rings. The van der Waals surface area contributed by atoms with Gasteiger partial charge in [-0.25, -0.2) is 0 Å². The minimum Gasteiger partial charge on any atom is -0.497 e. The molecule has 1 unspecified atom stereocenters. The monoisotopic (exact) mass is 288 g/mol. The van der Waals surface area contributed by atoms with Crippen molar-refractivity contribution in [3.8, 4) is 17.1 Å². The van der Waals surface area contributed by atoms with Gasteiger partial charge in [-0.05, 0) is 31.2 Å². The Kier molecular flexibility index (Phi) is 4.17. The van der Waals surface area contributed by atoms with Crippen LogP contribution in [0.1, 0.15) is 18.9 Å². The number of ether oxygens (including phenoxy) is 1. The quantitative estimate of drug-likeness (QED) is 0.924. The van der Waals surface area contributed by atoms with E-state index in [4.69, 9.17) is 9.26 Å². The molecule has 1 aliphatic heterocycles. The lowest BCUT2D eigenvalue weighted by Gasteiger charge is -2.30. The van der Waals surface area contributed by atoms with Crippen LogP contribution < -0.4 is 10.1 Å². The maximum Gasteiger partial charge on any atom is 0.244 e. The molecule has 1 saturated heterocycles. The number of hydrogen-bond donors (Lipinski definition) is 1. The van der Waals surface area contributed by atoms with Gasteiger partial charge in [0.2, 0.25) is 11.7 Å². The largest absolute Gasteiger partial charge is 0.497 e. The van der Waals surface area contributed by atoms with Crippen molar-refractivity contribution < 1.29 is 9.26 Å². The molecule has 0 amide bonds. The molecular weight excluding hydrogens is 268 g/mol. The number of hydrogen-bond acceptors (Lipinski definition) is 6. The molecule has 2 heterocycles. The summed E-state index contributed by atoms with van der Waals surface area (Å²) in [5.74, 6) is 2.11. The van der Waals surface area contributed by atoms with Crippen LogP contribution in [0.3, 0.4) is 0 Å². The van der Waals surface area contributed by atoms with Crippen LogP contribution in [0.25, 0.3) is 11.4 Å². The van der Waals surface area contributed by atoms with E-state index >= 15 is 0 Å². The fourth-order valence-electron chi connectivity index (χ4n) is 2.49. The standard InChI is InChI=1S/C15H20N4O2/c1-11(19-9-7-16-8-10-19)15-17-14(18-21-15)12-3-5-13(20-2)6-4-12/h3-6,11,16H,7-10H2,1-2H3. The van der Waals surface area contributed by atoms with Gasteiger partial charge in [0.15, 0.2) is 0 Å². The highest BCUT2D eigenvalue weighted by Gasteiger charge is 2.23. The van der Waals surface area contributed by atoms with Crippen LogP contribution in [0.5, 0.6) is 5.75 Å². The number of benzene rings is 1. The molecule has 2 aromatic rings. The Morgan fingerprint density at radius 2 is 1.95 bits per heavy atom. The highest BCUT2D eigenvalue weighted by molar-refractivity contribution is 5.55. The molecule has 0 spiro atoms. The highest BCUT2D eigenvalue weighted by Crippen LogP contribution is 2.24. The van der Waals surface area contributed by atoms with E-state index in [-0.39, 0.29) is 6.04 Å². The van der Waals surface area contributed by atoms with Crippen molar-refractivity contribution in [2.45, 2.75) is 13.0 Å². The first-order valence-corrected chi connectivity index (χ1v) is 7.21. The van der Waals surface area contributed by atoms with Crippen LogP contribution in [0.15, 0.2) is 28.8 Å². The molecule has 0 aliphatic carbocycles. The molecule has 21 heavy (non-hydrogen) atoms. The summed E-state index contributed by atoms with van der Waals surface area (Å²) in [6, 6.07) is 7.80. The Bertz CT molecular complexity index is 576. The van der Waals surface area contributed by atoms with Gasteiger partial charge < -0.3 is 14.6 Å². The summed E-state index contributed by atoms with van der Waals surface area (Å²) in [5, 5.41) is 7.43. The van der Waals surface area contributed by atoms with Gasteiger partial charge in [0.05, 0.1) is 13.2 Å². The van der Waals surface area contributed by atoms with Crippen LogP contribution >= 0.6 is 0 Å². The van der Waals surface area contributed by atoms with E-state index in [1.165, 1.54) is 0 Å². The fourth-order valence-corrected chi connectivity index (χ4v) is 2.49. The number of nitrogens with one attached hydrogen (secondary N) is 1. The lowest BCUT2D eigenvalue weighted by Crippen LogP contribution is -2.44. The molecule has 112 valence electrons. The van der Waals surface area contributed by atoms with Crippen LogP contribution in [-0.4, -0.2) is 48.3 Å². The number of methoxy groups -OCH3 is 1. The predicted octanol–water partition coefficient (Wildman–Crippen LogP) is 1.71. The van der Waals surface area contributed by atoms with Crippen molar-refractivity contribution >= 4 is 0 Å². The summed E-state index contributed by atoms with van der Waals surface area (Å²) in [6.45, 7) is 6.12. The lowest BCUT2D eigenvalue weighted by molar-refractivity contribution is 0.154. The average molecular weight is 288 g/mol. The van der Waals surface area contributed by atoms with Gasteiger partial charge in [0.1, 0.15) is 5.75 Å². The molecule has 1 atom stereocenters. The normalized spacial score (nSPS) is 17.6. The predicted molar refractivity (Wildman–Crippen MR) is 79.1 cm³/mol. The topological polar surface area (TPSA) is 63.4 Å². The van der Waals surface area contributed by atoms with E-state index in [0.29, 0.717) is 11.7 Å². The maximum atomic E-state index is 5.44. The van der Waals surface area contributed by atoms with E-state index in [2.05, 4.69) is 27.3 Å². The van der Waals surface area contributed by atoms with Crippen LogP contribution in [-0.2, 0) is 0 Å². The van der Waals surface area contributed by atoms with Crippen LogP contribution in [0.2, 0.25) is 0 Å². The molecule has 1 aromatic carbocycles. The number of rotatable bonds is 4. The van der Waals surface area contributed by atoms with E-state index in [1.54, 1.807) is 7.11 Å². The van der Waals surface area contributed by atoms with Gasteiger partial charge in [-0.3, -0.25) is 4.90 Å². The first-order chi connectivity index (χ1) is 10.3. The third kappa shape index (κ3) is 3.06. The molecule has 0 saturated carbocycles. The summed E-state index contributed by atoms with van der Waals surface area (Å²) in [4.78, 5) is 6.88. The highest BCUT2D eigenvalue weighted by atomic mass is 16.5. The fraction of sp³-hybridized carbons (Fsp3) is 0.467. The zero-order valence-corrected chi connectivity index (χ0v) is 12.4. The first kappa shape index (κ1) is 14.0. The SMILES string of the molecule is COc1ccc(-c2noc(C(C)N3CCNCC3)n2)cc1. The van der Waals surface area contributed by atoms with Crippen LogP contribution in [0, 0.1) is 0 Å². The van der Waals surface area contributed by atoms with Gasteiger partial charge in [0, 0.05) is 31.7 Å². The Labute approximate surface area is 124 Å². The van der Waals surface area contributed by atoms with Crippen molar-refractivity contribution in [3.05, 3.63) is 30.2 Å². The third-order valence-electron chi connectivity index (χ3n) is 3.85. The Hall–Kier alpha value is -1.92. The number of nitrogens with zero attached hydrogens (tertiary/aromatic N) is 3. The van der Waals surface area contributed by atoms with Crippen molar-refractivity contribution in [2.24, 2.45) is 0 Å². The summed E-state index contributed by atoms with van der Waals surface area (Å²) >= 11 is 0. The molecule has 1 aliphatic rings. The zero-order chi connectivity index (χ0) is 14.7. The minimum atomic E-state index is 0.145. The van der Waals surface area contributed by atoms with Gasteiger partial charge in [-0.2, -0.15) is 4.98 Å². The van der Waals surface area contributed by atoms with Crippen LogP contribution in [0.4, 0.5) is 0 Å². The van der Waals surface area contributed by atoms with Gasteiger partial charge in [-0.1, -0.05) is 5.16 Å². The maximum absolute atomic E-state index is 5.44. The van der Waals surface area contributed by atoms with E-state index in [9.17, 15) is 0 Å². The average Bonchev–Trinajstić information content (AvgIpc) is 3.05. The second-order valence-corrected chi connectivity index (χ2v) is 5.15. The van der Waals surface area contributed by atoms with Gasteiger partial charge in [-0.15, -0.1) is 0 Å². The Balaban J connectivity index is 1.75. The Morgan fingerprint density at radius 1 is 1.24 bits per heavy atom. The molecule has 6 heteroatoms. The summed E-state index contributed by atoms with van der Waals surface area (Å²) < 4.78 is 10.6. The minimum absolute atomic E-state index is 0.145. The first-order valence-electron chi connectivity index (χ1n) is 7.21. The zero-order valence-electron chi connectivity index (χ0n) is 12.4. The molecule has 0 bridgehead atoms. The number of piperazine rings is 1. The van der Waals surface area contributed by atoms with Crippen molar-refractivity contribution in [2.75, 3.05) is 33.3 Å². The summed E-state index contributed by atoms with van der Waals surface area (Å²) in [6.07, 6.45) is 0. The molecule has 6 nitrogen and oxygen atoms in total. The molecule has 0 radical (unpaired) electrons. The second-order valence-electron chi connectivity index (χ2n) is 5.15. The van der Waals surface area contributed by atoms with Crippen molar-refractivity contribution in [1.29, 1.82) is 0 Å². The third-order valence-corrected chi connectivity index (χ3v) is 3.85. The summed E-state index contributed by atoms with van der Waals surface area (Å²) in [5.41, 5.74) is 0.929. The molecule has 1 N–H and O–H groups in total. The van der Waals surface area contributed by atoms with E-state index in [1.807, 2.05) is 24.3 Å². The van der Waals surface area contributed by atoms with Gasteiger partial charge >= 0.3 is 0 Å². The number of aromatic nitrogens is 2. The molecule has 1 aromatic heterocycles. The summed E-state index contributed by atoms with van der Waals surface area (Å²) in [7, 11) is 1.65. The van der Waals surface area contributed by atoms with E-state index < -0.39 is 0 Å². The lowest BCUT2D eigenvalue weighted by atomic mass is 10.2. The van der Waals surface area contributed by atoms with Crippen molar-refractivity contribution in [3.63, 3.8) is 0 Å². The van der Waals surface area contributed by atoms with Crippen molar-refractivity contribution in [1.82, 2.24) is 20.4 Å². The Morgan fingerprint density at radius 3 is 2.62 bits per heavy atom. The van der Waals surface area contributed by atoms with Gasteiger partial charge in [0.25, 0.3) is 0 Å². The smallest absolute Gasteiger partial charge is 0.244 e. The molecule has 3 rings (SSSR count).